The zero-order chi connectivity index (χ0) is 11.1. The Morgan fingerprint density at radius 2 is 2.06 bits per heavy atom. The lowest BCUT2D eigenvalue weighted by atomic mass is 10.0. The Bertz CT molecular complexity index is 511. The maximum atomic E-state index is 13.7. The van der Waals surface area contributed by atoms with E-state index in [1.54, 1.807) is 4.68 Å². The predicted molar refractivity (Wildman–Crippen MR) is 60.8 cm³/mol. The number of fused-ring (bicyclic) bond motifs is 1. The van der Waals surface area contributed by atoms with Crippen molar-refractivity contribution in [2.75, 3.05) is 0 Å². The number of benzene rings is 1. The van der Waals surface area contributed by atoms with Crippen LogP contribution in [0.3, 0.4) is 0 Å². The van der Waals surface area contributed by atoms with Crippen molar-refractivity contribution in [1.82, 2.24) is 14.8 Å². The summed E-state index contributed by atoms with van der Waals surface area (Å²) in [5, 5.41) is 4.18. The smallest absolute Gasteiger partial charge is 0.217 e. The molecule has 0 fully saturated rings. The highest BCUT2D eigenvalue weighted by atomic mass is 79.9. The maximum absolute atomic E-state index is 13.7. The van der Waals surface area contributed by atoms with E-state index >= 15 is 0 Å². The molecule has 3 nitrogen and oxygen atoms in total. The Balaban J connectivity index is 2.06. The molecular formula is C11H9BrFN3. The molecule has 1 aromatic heterocycles. The number of aromatic nitrogens is 3. The summed E-state index contributed by atoms with van der Waals surface area (Å²) in [7, 11) is 0. The maximum Gasteiger partial charge on any atom is 0.217 e. The van der Waals surface area contributed by atoms with E-state index in [1.807, 2.05) is 30.3 Å². The number of rotatable bonds is 1. The Kier molecular flexibility index (Phi) is 2.28. The van der Waals surface area contributed by atoms with Gasteiger partial charge in [-0.3, -0.25) is 0 Å². The van der Waals surface area contributed by atoms with Gasteiger partial charge in [0.15, 0.2) is 12.0 Å². The molecule has 1 aromatic carbocycles. The van der Waals surface area contributed by atoms with E-state index in [0.717, 1.165) is 5.56 Å². The molecule has 0 saturated heterocycles. The van der Waals surface area contributed by atoms with Crippen molar-refractivity contribution in [1.29, 1.82) is 0 Å². The average Bonchev–Trinajstić information content (AvgIpc) is 2.80. The quantitative estimate of drug-likeness (QED) is 0.804. The number of alkyl halides is 1. The second kappa shape index (κ2) is 3.66. The molecule has 2 atom stereocenters. The first-order valence-electron chi connectivity index (χ1n) is 5.06. The van der Waals surface area contributed by atoms with Gasteiger partial charge in [-0.15, -0.1) is 5.10 Å². The Morgan fingerprint density at radius 1 is 1.31 bits per heavy atom. The molecule has 2 heterocycles. The molecule has 1 aliphatic heterocycles. The van der Waals surface area contributed by atoms with E-state index in [9.17, 15) is 4.39 Å². The van der Waals surface area contributed by atoms with Crippen LogP contribution in [0.15, 0.2) is 35.1 Å². The molecule has 82 valence electrons. The lowest BCUT2D eigenvalue weighted by Crippen LogP contribution is -2.07. The fraction of sp³-hybridized carbons (Fsp3) is 0.273. The number of nitrogens with zero attached hydrogens (tertiary/aromatic N) is 3. The molecule has 0 unspecified atom stereocenters. The molecule has 0 aliphatic carbocycles. The molecule has 16 heavy (non-hydrogen) atoms. The van der Waals surface area contributed by atoms with Crippen LogP contribution < -0.4 is 0 Å². The van der Waals surface area contributed by atoms with Gasteiger partial charge in [0.2, 0.25) is 4.73 Å². The summed E-state index contributed by atoms with van der Waals surface area (Å²) in [5.41, 5.74) is 1.07. The first-order valence-corrected chi connectivity index (χ1v) is 5.86. The molecular weight excluding hydrogens is 273 g/mol. The molecule has 3 rings (SSSR count). The molecule has 0 amide bonds. The molecule has 0 N–H and O–H groups in total. The van der Waals surface area contributed by atoms with Crippen LogP contribution in [0, 0.1) is 0 Å². The third-order valence-corrected chi connectivity index (χ3v) is 3.16. The van der Waals surface area contributed by atoms with Crippen molar-refractivity contribution < 1.29 is 4.39 Å². The van der Waals surface area contributed by atoms with Crippen molar-refractivity contribution in [3.05, 3.63) is 46.5 Å². The van der Waals surface area contributed by atoms with Gasteiger partial charge in [-0.1, -0.05) is 30.3 Å². The minimum absolute atomic E-state index is 0.0370. The van der Waals surface area contributed by atoms with Gasteiger partial charge in [-0.25, -0.2) is 14.1 Å². The first-order chi connectivity index (χ1) is 7.75. The van der Waals surface area contributed by atoms with Crippen LogP contribution >= 0.6 is 15.9 Å². The van der Waals surface area contributed by atoms with Gasteiger partial charge < -0.3 is 0 Å². The van der Waals surface area contributed by atoms with E-state index in [2.05, 4.69) is 26.0 Å². The van der Waals surface area contributed by atoms with Crippen LogP contribution in [0.5, 0.6) is 0 Å². The molecule has 0 spiro atoms. The summed E-state index contributed by atoms with van der Waals surface area (Å²) >= 11 is 3.18. The summed E-state index contributed by atoms with van der Waals surface area (Å²) in [6, 6.07) is 9.79. The van der Waals surface area contributed by atoms with Crippen LogP contribution in [-0.4, -0.2) is 14.8 Å². The van der Waals surface area contributed by atoms with Gasteiger partial charge in [0.1, 0.15) is 0 Å². The SMILES string of the molecule is F[C@@H]1C[C@H](c2ccccc2)n2nc(Br)nc21. The third kappa shape index (κ3) is 1.46. The predicted octanol–water partition coefficient (Wildman–Crippen LogP) is 3.04. The number of hydrogen-bond donors (Lipinski definition) is 0. The second-order valence-corrected chi connectivity index (χ2v) is 4.52. The fourth-order valence-electron chi connectivity index (χ4n) is 2.10. The lowest BCUT2D eigenvalue weighted by molar-refractivity contribution is 0.328. The van der Waals surface area contributed by atoms with Crippen molar-refractivity contribution in [3.8, 4) is 0 Å². The van der Waals surface area contributed by atoms with Crippen LogP contribution in [-0.2, 0) is 0 Å². The van der Waals surface area contributed by atoms with Crippen LogP contribution in [0.2, 0.25) is 0 Å². The Morgan fingerprint density at radius 3 is 2.81 bits per heavy atom. The number of hydrogen-bond acceptors (Lipinski definition) is 2. The molecule has 0 bridgehead atoms. The average molecular weight is 282 g/mol. The van der Waals surface area contributed by atoms with Crippen molar-refractivity contribution >= 4 is 15.9 Å². The highest BCUT2D eigenvalue weighted by Crippen LogP contribution is 2.39. The highest BCUT2D eigenvalue weighted by molar-refractivity contribution is 9.10. The topological polar surface area (TPSA) is 30.7 Å². The normalized spacial score (nSPS) is 23.4. The van der Waals surface area contributed by atoms with E-state index in [4.69, 9.17) is 0 Å². The van der Waals surface area contributed by atoms with Crippen molar-refractivity contribution in [2.24, 2.45) is 0 Å². The zero-order valence-electron chi connectivity index (χ0n) is 8.35. The lowest BCUT2D eigenvalue weighted by Gasteiger charge is -2.10. The fourth-order valence-corrected chi connectivity index (χ4v) is 2.46. The van der Waals surface area contributed by atoms with Crippen LogP contribution in [0.4, 0.5) is 4.39 Å². The summed E-state index contributed by atoms with van der Waals surface area (Å²) in [6.07, 6.45) is -0.601. The van der Waals surface area contributed by atoms with Gasteiger partial charge in [0.05, 0.1) is 6.04 Å². The van der Waals surface area contributed by atoms with Gasteiger partial charge in [0, 0.05) is 6.42 Å². The van der Waals surface area contributed by atoms with E-state index in [0.29, 0.717) is 17.0 Å². The summed E-state index contributed by atoms with van der Waals surface area (Å²) in [5.74, 6) is 0.417. The summed E-state index contributed by atoms with van der Waals surface area (Å²) < 4.78 is 15.8. The minimum Gasteiger partial charge on any atom is -0.239 e. The standard InChI is InChI=1S/C11H9BrFN3/c12-11-14-10-8(13)6-9(16(10)15-11)7-4-2-1-3-5-7/h1-5,8-9H,6H2/t8-,9-/m1/s1. The second-order valence-electron chi connectivity index (χ2n) is 3.81. The van der Waals surface area contributed by atoms with E-state index < -0.39 is 6.17 Å². The van der Waals surface area contributed by atoms with Gasteiger partial charge in [-0.05, 0) is 21.5 Å². The van der Waals surface area contributed by atoms with Gasteiger partial charge in [-0.2, -0.15) is 0 Å². The third-order valence-electron chi connectivity index (χ3n) is 2.82. The molecule has 5 heteroatoms. The minimum atomic E-state index is -1.02. The van der Waals surface area contributed by atoms with Crippen LogP contribution in [0.1, 0.15) is 30.0 Å². The van der Waals surface area contributed by atoms with Crippen molar-refractivity contribution in [3.63, 3.8) is 0 Å². The van der Waals surface area contributed by atoms with E-state index in [1.165, 1.54) is 0 Å². The van der Waals surface area contributed by atoms with Gasteiger partial charge in [0.25, 0.3) is 0 Å². The molecule has 0 saturated carbocycles. The summed E-state index contributed by atoms with van der Waals surface area (Å²) in [6.45, 7) is 0. The molecule has 2 aromatic rings. The Hall–Kier alpha value is -1.23. The van der Waals surface area contributed by atoms with Crippen LogP contribution in [0.25, 0.3) is 0 Å². The Labute approximate surface area is 100 Å². The first kappa shape index (κ1) is 9.96. The largest absolute Gasteiger partial charge is 0.239 e. The number of halogens is 2. The van der Waals surface area contributed by atoms with Crippen molar-refractivity contribution in [2.45, 2.75) is 18.6 Å². The monoisotopic (exact) mass is 281 g/mol. The molecule has 0 radical (unpaired) electrons. The van der Waals surface area contributed by atoms with Gasteiger partial charge >= 0.3 is 0 Å². The van der Waals surface area contributed by atoms with E-state index in [-0.39, 0.29) is 6.04 Å². The molecule has 1 aliphatic rings. The highest BCUT2D eigenvalue weighted by Gasteiger charge is 2.34. The summed E-state index contributed by atoms with van der Waals surface area (Å²) in [4.78, 5) is 4.04. The zero-order valence-corrected chi connectivity index (χ0v) is 9.93.